The Labute approximate surface area is 147 Å². The Morgan fingerprint density at radius 3 is 2.88 bits per heavy atom. The van der Waals surface area contributed by atoms with E-state index < -0.39 is 0 Å². The van der Waals surface area contributed by atoms with Crippen LogP contribution in [0.2, 0.25) is 0 Å². The number of aromatic nitrogens is 1. The standard InChI is InChI=1S/C21H22N2O2/c24-21-20-9-8-18(13-17(20)10-11-22-21)25-19-7-4-12-23(15-19)14-16-5-2-1-3-6-16/h1-3,5-6,8-11,13,19H,4,7,12,14-15H2,(H,22,24)/t19-/m1/s1. The molecular formula is C21H22N2O2. The summed E-state index contributed by atoms with van der Waals surface area (Å²) in [5, 5.41) is 1.61. The number of ether oxygens (including phenoxy) is 1. The average molecular weight is 334 g/mol. The summed E-state index contributed by atoms with van der Waals surface area (Å²) in [6.07, 6.45) is 4.08. The minimum atomic E-state index is -0.0595. The summed E-state index contributed by atoms with van der Waals surface area (Å²) in [5.41, 5.74) is 1.28. The van der Waals surface area contributed by atoms with Gasteiger partial charge in [0.05, 0.1) is 0 Å². The number of nitrogens with one attached hydrogen (secondary N) is 1. The van der Waals surface area contributed by atoms with Crippen LogP contribution in [0.4, 0.5) is 0 Å². The molecule has 1 aliphatic heterocycles. The number of pyridine rings is 1. The van der Waals surface area contributed by atoms with Crippen molar-refractivity contribution in [1.82, 2.24) is 9.88 Å². The lowest BCUT2D eigenvalue weighted by Crippen LogP contribution is -2.40. The zero-order valence-corrected chi connectivity index (χ0v) is 14.2. The summed E-state index contributed by atoms with van der Waals surface area (Å²) in [6.45, 7) is 3.01. The molecule has 4 rings (SSSR count). The summed E-state index contributed by atoms with van der Waals surface area (Å²) in [7, 11) is 0. The molecular weight excluding hydrogens is 312 g/mol. The molecule has 1 aromatic heterocycles. The molecule has 4 heteroatoms. The van der Waals surface area contributed by atoms with Crippen LogP contribution in [0.1, 0.15) is 18.4 Å². The van der Waals surface area contributed by atoms with E-state index in [1.807, 2.05) is 24.3 Å². The van der Waals surface area contributed by atoms with E-state index >= 15 is 0 Å². The maximum atomic E-state index is 11.8. The summed E-state index contributed by atoms with van der Waals surface area (Å²) in [5.74, 6) is 0.838. The number of nitrogens with zero attached hydrogens (tertiary/aromatic N) is 1. The zero-order chi connectivity index (χ0) is 17.1. The fraction of sp³-hybridized carbons (Fsp3) is 0.286. The number of aromatic amines is 1. The van der Waals surface area contributed by atoms with Crippen molar-refractivity contribution in [3.63, 3.8) is 0 Å². The molecule has 1 fully saturated rings. The van der Waals surface area contributed by atoms with Gasteiger partial charge in [0, 0.05) is 24.7 Å². The number of piperidine rings is 1. The van der Waals surface area contributed by atoms with E-state index in [0.29, 0.717) is 5.39 Å². The number of H-pyrrole nitrogens is 1. The molecule has 0 unspecified atom stereocenters. The van der Waals surface area contributed by atoms with Gasteiger partial charge in [0.15, 0.2) is 0 Å². The quantitative estimate of drug-likeness (QED) is 0.793. The minimum Gasteiger partial charge on any atom is -0.489 e. The molecule has 1 aliphatic rings. The third-order valence-electron chi connectivity index (χ3n) is 4.76. The van der Waals surface area contributed by atoms with Crippen molar-refractivity contribution in [1.29, 1.82) is 0 Å². The van der Waals surface area contributed by atoms with Crippen molar-refractivity contribution in [3.05, 3.63) is 76.7 Å². The second-order valence-corrected chi connectivity index (χ2v) is 6.66. The molecule has 2 aromatic carbocycles. The van der Waals surface area contributed by atoms with Crippen molar-refractivity contribution in [2.75, 3.05) is 13.1 Å². The highest BCUT2D eigenvalue weighted by Gasteiger charge is 2.21. The van der Waals surface area contributed by atoms with Gasteiger partial charge in [-0.3, -0.25) is 9.69 Å². The maximum absolute atomic E-state index is 11.8. The van der Waals surface area contributed by atoms with Crippen LogP contribution in [0, 0.1) is 0 Å². The lowest BCUT2D eigenvalue weighted by Gasteiger charge is -2.33. The largest absolute Gasteiger partial charge is 0.489 e. The highest BCUT2D eigenvalue weighted by atomic mass is 16.5. The van der Waals surface area contributed by atoms with Crippen LogP contribution >= 0.6 is 0 Å². The molecule has 1 N–H and O–H groups in total. The van der Waals surface area contributed by atoms with E-state index in [2.05, 4.69) is 40.2 Å². The number of likely N-dealkylation sites (tertiary alicyclic amines) is 1. The Morgan fingerprint density at radius 2 is 2.00 bits per heavy atom. The first-order valence-corrected chi connectivity index (χ1v) is 8.82. The first-order chi connectivity index (χ1) is 12.3. The first-order valence-electron chi connectivity index (χ1n) is 8.82. The summed E-state index contributed by atoms with van der Waals surface area (Å²) < 4.78 is 6.22. The summed E-state index contributed by atoms with van der Waals surface area (Å²) >= 11 is 0. The molecule has 25 heavy (non-hydrogen) atoms. The number of rotatable bonds is 4. The molecule has 1 saturated heterocycles. The summed E-state index contributed by atoms with van der Waals surface area (Å²) in [4.78, 5) is 16.9. The van der Waals surface area contributed by atoms with Crippen LogP contribution in [0.5, 0.6) is 5.75 Å². The number of benzene rings is 2. The molecule has 2 heterocycles. The Kier molecular flexibility index (Phi) is 4.53. The third-order valence-corrected chi connectivity index (χ3v) is 4.76. The van der Waals surface area contributed by atoms with Gasteiger partial charge in [0.1, 0.15) is 11.9 Å². The van der Waals surface area contributed by atoms with Crippen LogP contribution in [0.3, 0.4) is 0 Å². The van der Waals surface area contributed by atoms with Gasteiger partial charge >= 0.3 is 0 Å². The SMILES string of the molecule is O=c1[nH]ccc2cc(O[C@@H]3CCCN(Cc4ccccc4)C3)ccc12. The van der Waals surface area contributed by atoms with Gasteiger partial charge in [-0.2, -0.15) is 0 Å². The Bertz CT molecular complexity index is 904. The number of hydrogen-bond acceptors (Lipinski definition) is 3. The van der Waals surface area contributed by atoms with Gasteiger partial charge in [-0.1, -0.05) is 30.3 Å². The molecule has 3 aromatic rings. The molecule has 1 atom stereocenters. The maximum Gasteiger partial charge on any atom is 0.255 e. The molecule has 0 amide bonds. The van der Waals surface area contributed by atoms with Crippen LogP contribution in [0.25, 0.3) is 10.8 Å². The van der Waals surface area contributed by atoms with E-state index in [-0.39, 0.29) is 11.7 Å². The molecule has 0 saturated carbocycles. The van der Waals surface area contributed by atoms with E-state index in [1.165, 1.54) is 5.56 Å². The van der Waals surface area contributed by atoms with Gasteiger partial charge in [-0.25, -0.2) is 0 Å². The van der Waals surface area contributed by atoms with E-state index in [0.717, 1.165) is 43.6 Å². The molecule has 4 nitrogen and oxygen atoms in total. The minimum absolute atomic E-state index is 0.0595. The monoisotopic (exact) mass is 334 g/mol. The highest BCUT2D eigenvalue weighted by Crippen LogP contribution is 2.22. The lowest BCUT2D eigenvalue weighted by atomic mass is 10.1. The number of fused-ring (bicyclic) bond motifs is 1. The van der Waals surface area contributed by atoms with Crippen LogP contribution < -0.4 is 10.3 Å². The topological polar surface area (TPSA) is 45.3 Å². The van der Waals surface area contributed by atoms with Crippen molar-refractivity contribution >= 4 is 10.8 Å². The normalized spacial score (nSPS) is 18.3. The van der Waals surface area contributed by atoms with E-state index in [1.54, 1.807) is 6.20 Å². The fourth-order valence-corrected chi connectivity index (χ4v) is 3.53. The van der Waals surface area contributed by atoms with Crippen molar-refractivity contribution < 1.29 is 4.74 Å². The van der Waals surface area contributed by atoms with Crippen molar-refractivity contribution in [3.8, 4) is 5.75 Å². The number of hydrogen-bond donors (Lipinski definition) is 1. The van der Waals surface area contributed by atoms with Gasteiger partial charge in [-0.05, 0) is 54.6 Å². The lowest BCUT2D eigenvalue weighted by molar-refractivity contribution is 0.0844. The van der Waals surface area contributed by atoms with Gasteiger partial charge in [-0.15, -0.1) is 0 Å². The van der Waals surface area contributed by atoms with Crippen molar-refractivity contribution in [2.24, 2.45) is 0 Å². The molecule has 128 valence electrons. The fourth-order valence-electron chi connectivity index (χ4n) is 3.53. The van der Waals surface area contributed by atoms with Crippen molar-refractivity contribution in [2.45, 2.75) is 25.5 Å². The molecule has 0 radical (unpaired) electrons. The average Bonchev–Trinajstić information content (AvgIpc) is 2.63. The smallest absolute Gasteiger partial charge is 0.255 e. The molecule has 0 aliphatic carbocycles. The van der Waals surface area contributed by atoms with Gasteiger partial charge in [0.25, 0.3) is 5.56 Å². The summed E-state index contributed by atoms with van der Waals surface area (Å²) in [6, 6.07) is 18.2. The van der Waals surface area contributed by atoms with Gasteiger partial charge in [0.2, 0.25) is 0 Å². The Morgan fingerprint density at radius 1 is 1.12 bits per heavy atom. The second kappa shape index (κ2) is 7.11. The third kappa shape index (κ3) is 3.74. The molecule has 0 bridgehead atoms. The van der Waals surface area contributed by atoms with E-state index in [9.17, 15) is 4.79 Å². The second-order valence-electron chi connectivity index (χ2n) is 6.66. The van der Waals surface area contributed by atoms with Crippen LogP contribution in [0.15, 0.2) is 65.6 Å². The van der Waals surface area contributed by atoms with Crippen LogP contribution in [-0.4, -0.2) is 29.1 Å². The first kappa shape index (κ1) is 15.9. The van der Waals surface area contributed by atoms with Crippen LogP contribution in [-0.2, 0) is 6.54 Å². The Balaban J connectivity index is 1.44. The predicted octanol–water partition coefficient (Wildman–Crippen LogP) is 3.57. The van der Waals surface area contributed by atoms with Gasteiger partial charge < -0.3 is 9.72 Å². The zero-order valence-electron chi connectivity index (χ0n) is 14.2. The predicted molar refractivity (Wildman–Crippen MR) is 99.9 cm³/mol. The highest BCUT2D eigenvalue weighted by molar-refractivity contribution is 5.82. The molecule has 0 spiro atoms. The Hall–Kier alpha value is -2.59. The van der Waals surface area contributed by atoms with E-state index in [4.69, 9.17) is 4.74 Å².